The first-order valence-corrected chi connectivity index (χ1v) is 13.5. The number of halogens is 4. The number of aromatic nitrogens is 1. The molecule has 1 saturated heterocycles. The zero-order valence-corrected chi connectivity index (χ0v) is 23.1. The van der Waals surface area contributed by atoms with Gasteiger partial charge in [0.1, 0.15) is 18.0 Å². The number of nitrogens with one attached hydrogen (secondary N) is 2. The van der Waals surface area contributed by atoms with Crippen LogP contribution in [0.1, 0.15) is 23.5 Å². The number of nitrogens with two attached hydrogens (primary N) is 1. The van der Waals surface area contributed by atoms with E-state index < -0.39 is 36.7 Å². The van der Waals surface area contributed by atoms with Gasteiger partial charge >= 0.3 is 18.7 Å². The van der Waals surface area contributed by atoms with Crippen molar-refractivity contribution in [3.05, 3.63) is 74.2 Å². The summed E-state index contributed by atoms with van der Waals surface area (Å²) in [5, 5.41) is 7.98. The predicted molar refractivity (Wildman–Crippen MR) is 147 cm³/mol. The fourth-order valence-electron chi connectivity index (χ4n) is 4.11. The molecule has 0 saturated carbocycles. The second-order valence-corrected chi connectivity index (χ2v) is 9.89. The molecule has 0 aliphatic carbocycles. The van der Waals surface area contributed by atoms with Crippen molar-refractivity contribution in [2.75, 3.05) is 26.2 Å². The highest BCUT2D eigenvalue weighted by Crippen LogP contribution is 2.38. The molecule has 11 nitrogen and oxygen atoms in total. The molecule has 2 aromatic rings. The number of alkyl carbamates (subject to hydrolysis) is 1. The SMILES string of the molecule is CCOC(=O)NC[C@H]1CN(CC2=C(C(N)=CC=NC(F)F)[C@H](c3ccc(F)cc3Cl)N=C(c3nccs3)N2)C(=O)O1. The standard InChI is InChI=1S/C25H25ClF3N7O4S/c1-2-39-24(37)33-10-14-11-36(25(38)40-14)12-18-19(17(30)5-6-32-23(28)29)20(15-4-3-13(27)9-16(15)26)35-21(34-18)22-31-7-8-41-22/h3-9,14,20,23H,2,10-12,30H2,1H3,(H,33,37)(H,34,35)/t14-,20-/m0/s1. The van der Waals surface area contributed by atoms with E-state index in [0.717, 1.165) is 12.3 Å². The molecular weight excluding hydrogens is 587 g/mol. The van der Waals surface area contributed by atoms with Gasteiger partial charge in [-0.3, -0.25) is 9.89 Å². The van der Waals surface area contributed by atoms with Crippen LogP contribution in [0.15, 0.2) is 62.8 Å². The Labute approximate surface area is 241 Å². The Bertz CT molecular complexity index is 1400. The molecule has 41 heavy (non-hydrogen) atoms. The first kappa shape index (κ1) is 29.9. The van der Waals surface area contributed by atoms with Gasteiger partial charge in [-0.15, -0.1) is 11.3 Å². The molecule has 2 atom stereocenters. The topological polar surface area (TPSA) is 144 Å². The predicted octanol–water partition coefficient (Wildman–Crippen LogP) is 3.98. The molecule has 16 heteroatoms. The maximum atomic E-state index is 13.9. The van der Waals surface area contributed by atoms with E-state index in [9.17, 15) is 22.8 Å². The Morgan fingerprint density at radius 1 is 1.46 bits per heavy atom. The molecule has 1 aromatic carbocycles. The number of alkyl halides is 2. The number of benzene rings is 1. The number of thiazole rings is 1. The number of amidine groups is 1. The largest absolute Gasteiger partial charge is 0.450 e. The summed E-state index contributed by atoms with van der Waals surface area (Å²) < 4.78 is 49.5. The number of hydrogen-bond donors (Lipinski definition) is 3. The number of allylic oxidation sites excluding steroid dienone is 1. The van der Waals surface area contributed by atoms with Crippen molar-refractivity contribution in [3.63, 3.8) is 0 Å². The molecule has 1 fully saturated rings. The van der Waals surface area contributed by atoms with Crippen molar-refractivity contribution in [1.82, 2.24) is 20.5 Å². The van der Waals surface area contributed by atoms with E-state index in [1.54, 1.807) is 18.5 Å². The molecule has 3 heterocycles. The Kier molecular flexibility index (Phi) is 9.83. The fraction of sp³-hybridized carbons (Fsp3) is 0.320. The Balaban J connectivity index is 1.73. The van der Waals surface area contributed by atoms with Gasteiger partial charge in [-0.05, 0) is 25.1 Å². The van der Waals surface area contributed by atoms with Gasteiger partial charge in [0.15, 0.2) is 10.8 Å². The highest BCUT2D eigenvalue weighted by Gasteiger charge is 2.36. The minimum Gasteiger partial charge on any atom is -0.450 e. The number of aliphatic imine (C=N–C) groups is 2. The third-order valence-electron chi connectivity index (χ3n) is 5.83. The lowest BCUT2D eigenvalue weighted by molar-refractivity contribution is 0.123. The van der Waals surface area contributed by atoms with Crippen LogP contribution < -0.4 is 16.4 Å². The Morgan fingerprint density at radius 3 is 2.95 bits per heavy atom. The van der Waals surface area contributed by atoms with Crippen LogP contribution in [-0.2, 0) is 9.47 Å². The van der Waals surface area contributed by atoms with Crippen molar-refractivity contribution in [3.8, 4) is 0 Å². The maximum absolute atomic E-state index is 13.9. The van der Waals surface area contributed by atoms with Crippen LogP contribution in [-0.4, -0.2) is 73.0 Å². The van der Waals surface area contributed by atoms with Gasteiger partial charge in [-0.1, -0.05) is 17.7 Å². The quantitative estimate of drug-likeness (QED) is 0.272. The van der Waals surface area contributed by atoms with Gasteiger partial charge < -0.3 is 25.8 Å². The summed E-state index contributed by atoms with van der Waals surface area (Å²) in [7, 11) is 0. The summed E-state index contributed by atoms with van der Waals surface area (Å²) in [4.78, 5) is 37.9. The molecule has 1 aromatic heterocycles. The number of amides is 2. The summed E-state index contributed by atoms with van der Waals surface area (Å²) in [6.45, 7) is -1.06. The molecule has 2 aliphatic heterocycles. The van der Waals surface area contributed by atoms with E-state index in [0.29, 0.717) is 27.7 Å². The average Bonchev–Trinajstić information content (AvgIpc) is 3.57. The molecule has 0 unspecified atom stereocenters. The first-order valence-electron chi connectivity index (χ1n) is 12.2. The lowest BCUT2D eigenvalue weighted by Gasteiger charge is -2.30. The van der Waals surface area contributed by atoms with Crippen molar-refractivity contribution >= 4 is 47.2 Å². The maximum Gasteiger partial charge on any atom is 0.410 e. The second kappa shape index (κ2) is 13.5. The minimum atomic E-state index is -2.95. The van der Waals surface area contributed by atoms with E-state index in [1.807, 2.05) is 0 Å². The van der Waals surface area contributed by atoms with Crippen molar-refractivity contribution < 1.29 is 32.2 Å². The number of rotatable bonds is 10. The summed E-state index contributed by atoms with van der Waals surface area (Å²) in [5.74, 6) is -0.247. The fourth-order valence-corrected chi connectivity index (χ4v) is 4.97. The zero-order valence-electron chi connectivity index (χ0n) is 21.5. The van der Waals surface area contributed by atoms with Gasteiger partial charge in [0.05, 0.1) is 26.2 Å². The minimum absolute atomic E-state index is 0.00248. The van der Waals surface area contributed by atoms with Crippen molar-refractivity contribution in [1.29, 1.82) is 0 Å². The van der Waals surface area contributed by atoms with Crippen LogP contribution in [0.5, 0.6) is 0 Å². The lowest BCUT2D eigenvalue weighted by atomic mass is 9.92. The molecular formula is C25H25ClF3N7O4S. The summed E-state index contributed by atoms with van der Waals surface area (Å²) in [6.07, 6.45) is 1.64. The number of ether oxygens (including phenoxy) is 2. The van der Waals surface area contributed by atoms with E-state index >= 15 is 0 Å². The molecule has 4 rings (SSSR count). The van der Waals surface area contributed by atoms with E-state index in [2.05, 4.69) is 20.6 Å². The third-order valence-corrected chi connectivity index (χ3v) is 6.94. The smallest absolute Gasteiger partial charge is 0.410 e. The lowest BCUT2D eigenvalue weighted by Crippen LogP contribution is -2.40. The van der Waals surface area contributed by atoms with Crippen molar-refractivity contribution in [2.24, 2.45) is 15.7 Å². The number of carbonyl (C=O) groups excluding carboxylic acids is 2. The number of carbonyl (C=O) groups is 2. The molecule has 0 spiro atoms. The first-order chi connectivity index (χ1) is 19.7. The molecule has 2 amide bonds. The van der Waals surface area contributed by atoms with Crippen LogP contribution in [0, 0.1) is 5.82 Å². The highest BCUT2D eigenvalue weighted by atomic mass is 35.5. The normalized spacial score (nSPS) is 19.5. The highest BCUT2D eigenvalue weighted by molar-refractivity contribution is 7.11. The van der Waals surface area contributed by atoms with Gasteiger partial charge in [0, 0.05) is 45.3 Å². The van der Waals surface area contributed by atoms with Gasteiger partial charge in [0.2, 0.25) is 0 Å². The summed E-state index contributed by atoms with van der Waals surface area (Å²) in [5.41, 5.74) is 7.40. The van der Waals surface area contributed by atoms with Crippen LogP contribution in [0.4, 0.5) is 22.8 Å². The Hall–Kier alpha value is -4.11. The third kappa shape index (κ3) is 7.55. The zero-order chi connectivity index (χ0) is 29.5. The molecule has 0 radical (unpaired) electrons. The molecule has 0 bridgehead atoms. The summed E-state index contributed by atoms with van der Waals surface area (Å²) in [6, 6.07) is 2.83. The summed E-state index contributed by atoms with van der Waals surface area (Å²) >= 11 is 7.71. The monoisotopic (exact) mass is 611 g/mol. The average molecular weight is 612 g/mol. The number of nitrogens with zero attached hydrogens (tertiary/aromatic N) is 4. The van der Waals surface area contributed by atoms with Crippen LogP contribution >= 0.6 is 22.9 Å². The van der Waals surface area contributed by atoms with Crippen molar-refractivity contribution in [2.45, 2.75) is 25.6 Å². The Morgan fingerprint density at radius 2 is 2.27 bits per heavy atom. The molecule has 2 aliphatic rings. The molecule has 4 N–H and O–H groups in total. The second-order valence-electron chi connectivity index (χ2n) is 8.59. The van der Waals surface area contributed by atoms with Crippen LogP contribution in [0.3, 0.4) is 0 Å². The van der Waals surface area contributed by atoms with Gasteiger partial charge in [-0.2, -0.15) is 8.78 Å². The molecule has 218 valence electrons. The van der Waals surface area contributed by atoms with Crippen LogP contribution in [0.2, 0.25) is 5.02 Å². The van der Waals surface area contributed by atoms with Crippen LogP contribution in [0.25, 0.3) is 0 Å². The number of cyclic esters (lactones) is 1. The van der Waals surface area contributed by atoms with E-state index in [-0.39, 0.29) is 37.0 Å². The van der Waals surface area contributed by atoms with E-state index in [1.165, 1.54) is 34.4 Å². The van der Waals surface area contributed by atoms with E-state index in [4.69, 9.17) is 31.8 Å². The van der Waals surface area contributed by atoms with Gasteiger partial charge in [0.25, 0.3) is 0 Å². The van der Waals surface area contributed by atoms with Gasteiger partial charge in [-0.25, -0.2) is 24.0 Å². The number of hydrogen-bond acceptors (Lipinski definition) is 10.